The van der Waals surface area contributed by atoms with E-state index in [0.717, 1.165) is 51.4 Å². The van der Waals surface area contributed by atoms with Crippen molar-refractivity contribution < 1.29 is 40.1 Å². The van der Waals surface area contributed by atoms with Gasteiger partial charge in [-0.3, -0.25) is 0 Å². The van der Waals surface area contributed by atoms with Crippen molar-refractivity contribution in [3.63, 3.8) is 0 Å². The normalized spacial score (nSPS) is 51.5. The summed E-state index contributed by atoms with van der Waals surface area (Å²) in [6.07, 6.45) is 4.18. The van der Waals surface area contributed by atoms with E-state index >= 15 is 0 Å². The zero-order chi connectivity index (χ0) is 32.7. The van der Waals surface area contributed by atoms with E-state index < -0.39 is 48.5 Å². The fourth-order valence-corrected chi connectivity index (χ4v) is 11.9. The smallest absolute Gasteiger partial charge is 0.186 e. The van der Waals surface area contributed by atoms with E-state index in [-0.39, 0.29) is 33.7 Å². The Labute approximate surface area is 265 Å². The van der Waals surface area contributed by atoms with E-state index in [1.54, 1.807) is 0 Å². The van der Waals surface area contributed by atoms with E-state index in [0.29, 0.717) is 24.7 Å². The molecule has 0 aromatic heterocycles. The highest BCUT2D eigenvalue weighted by atomic mass is 16.7. The molecule has 5 fully saturated rings. The van der Waals surface area contributed by atoms with Crippen molar-refractivity contribution in [2.24, 2.45) is 39.4 Å². The Bertz CT molecular complexity index is 1080. The van der Waals surface area contributed by atoms with Crippen LogP contribution in [0, 0.1) is 39.4 Å². The van der Waals surface area contributed by atoms with Crippen LogP contribution in [0.2, 0.25) is 0 Å². The largest absolute Gasteiger partial charge is 0.394 e. The summed E-state index contributed by atoms with van der Waals surface area (Å²) in [7, 11) is 0. The van der Waals surface area contributed by atoms with Crippen LogP contribution in [0.15, 0.2) is 11.6 Å². The molecule has 5 aliphatic rings. The summed E-state index contributed by atoms with van der Waals surface area (Å²) in [5, 5.41) is 65.5. The SMILES string of the molecule is CC(C)=CCC[C@](C)(O)[C@H]1CC[C@@]2(C)[C@]3(C)CCC4C(C)(C)[C@@H](OC5OC(CO)C(O)C(O)C5O)CC[C@]4(C)[C@H]3CC[C@]12O. The molecule has 254 valence electrons. The Morgan fingerprint density at radius 2 is 1.55 bits per heavy atom. The van der Waals surface area contributed by atoms with Gasteiger partial charge in [0.05, 0.1) is 23.9 Å². The van der Waals surface area contributed by atoms with Crippen molar-refractivity contribution in [3.8, 4) is 0 Å². The van der Waals surface area contributed by atoms with Crippen LogP contribution >= 0.6 is 0 Å². The number of ether oxygens (including phenoxy) is 2. The Morgan fingerprint density at radius 1 is 0.886 bits per heavy atom. The van der Waals surface area contributed by atoms with Gasteiger partial charge in [0.1, 0.15) is 24.4 Å². The molecule has 5 rings (SSSR count). The highest BCUT2D eigenvalue weighted by molar-refractivity contribution is 5.24. The number of rotatable bonds is 7. The van der Waals surface area contributed by atoms with Gasteiger partial charge in [0, 0.05) is 11.3 Å². The fourth-order valence-electron chi connectivity index (χ4n) is 11.9. The van der Waals surface area contributed by atoms with Gasteiger partial charge in [0.2, 0.25) is 0 Å². The summed E-state index contributed by atoms with van der Waals surface area (Å²) < 4.78 is 12.2. The second-order valence-electron chi connectivity index (χ2n) is 17.3. The number of allylic oxidation sites excluding steroid dienone is 2. The first-order valence-corrected chi connectivity index (χ1v) is 17.3. The summed E-state index contributed by atoms with van der Waals surface area (Å²) in [5.41, 5.74) is -1.17. The zero-order valence-electron chi connectivity index (χ0n) is 28.6. The lowest BCUT2D eigenvalue weighted by Crippen LogP contribution is -2.69. The Balaban J connectivity index is 1.37. The Kier molecular flexibility index (Phi) is 9.11. The van der Waals surface area contributed by atoms with Gasteiger partial charge < -0.3 is 40.1 Å². The molecule has 1 aliphatic heterocycles. The maximum atomic E-state index is 12.7. The maximum Gasteiger partial charge on any atom is 0.186 e. The van der Waals surface area contributed by atoms with Crippen molar-refractivity contribution in [1.29, 1.82) is 0 Å². The zero-order valence-corrected chi connectivity index (χ0v) is 28.6. The second-order valence-corrected chi connectivity index (χ2v) is 17.3. The van der Waals surface area contributed by atoms with Crippen molar-refractivity contribution in [3.05, 3.63) is 11.6 Å². The minimum Gasteiger partial charge on any atom is -0.394 e. The Hall–Kier alpha value is -0.580. The average molecular weight is 623 g/mol. The third-order valence-corrected chi connectivity index (χ3v) is 14.6. The lowest BCUT2D eigenvalue weighted by Gasteiger charge is -2.71. The van der Waals surface area contributed by atoms with Gasteiger partial charge in [-0.1, -0.05) is 46.3 Å². The number of aliphatic hydroxyl groups is 6. The molecule has 1 saturated heterocycles. The molecule has 6 unspecified atom stereocenters. The molecule has 44 heavy (non-hydrogen) atoms. The topological polar surface area (TPSA) is 140 Å². The predicted octanol–water partition coefficient (Wildman–Crippen LogP) is 4.47. The van der Waals surface area contributed by atoms with Gasteiger partial charge in [-0.15, -0.1) is 0 Å². The van der Waals surface area contributed by atoms with Gasteiger partial charge in [-0.05, 0) is 113 Å². The fraction of sp³-hybridized carbons (Fsp3) is 0.944. The molecule has 0 spiro atoms. The molecule has 0 radical (unpaired) electrons. The van der Waals surface area contributed by atoms with E-state index in [1.165, 1.54) is 5.57 Å². The minimum atomic E-state index is -1.46. The van der Waals surface area contributed by atoms with Crippen LogP contribution in [0.5, 0.6) is 0 Å². The quantitative estimate of drug-likeness (QED) is 0.181. The van der Waals surface area contributed by atoms with Crippen LogP contribution in [0.1, 0.15) is 120 Å². The van der Waals surface area contributed by atoms with Crippen LogP contribution in [0.4, 0.5) is 0 Å². The lowest BCUT2D eigenvalue weighted by atomic mass is 9.34. The van der Waals surface area contributed by atoms with Crippen LogP contribution in [-0.4, -0.2) is 85.3 Å². The first-order chi connectivity index (χ1) is 20.3. The summed E-state index contributed by atoms with van der Waals surface area (Å²) in [6, 6.07) is 0. The molecule has 8 nitrogen and oxygen atoms in total. The van der Waals surface area contributed by atoms with E-state index in [2.05, 4.69) is 54.5 Å². The first kappa shape index (κ1) is 34.7. The molecular formula is C36H62O8. The molecule has 0 bridgehead atoms. The van der Waals surface area contributed by atoms with Crippen molar-refractivity contribution in [2.75, 3.05) is 6.61 Å². The molecular weight excluding hydrogens is 560 g/mol. The maximum absolute atomic E-state index is 12.7. The lowest BCUT2D eigenvalue weighted by molar-refractivity contribution is -0.333. The molecule has 6 N–H and O–H groups in total. The van der Waals surface area contributed by atoms with Gasteiger partial charge in [0.15, 0.2) is 6.29 Å². The van der Waals surface area contributed by atoms with Gasteiger partial charge in [0.25, 0.3) is 0 Å². The summed E-state index contributed by atoms with van der Waals surface area (Å²) in [4.78, 5) is 0. The van der Waals surface area contributed by atoms with Gasteiger partial charge >= 0.3 is 0 Å². The average Bonchev–Trinajstić information content (AvgIpc) is 3.22. The van der Waals surface area contributed by atoms with Crippen molar-refractivity contribution >= 4 is 0 Å². The minimum absolute atomic E-state index is 0.0279. The molecule has 14 atom stereocenters. The van der Waals surface area contributed by atoms with Gasteiger partial charge in [-0.2, -0.15) is 0 Å². The number of fused-ring (bicyclic) bond motifs is 5. The summed E-state index contributed by atoms with van der Waals surface area (Å²) in [6.45, 7) is 17.4. The third-order valence-electron chi connectivity index (χ3n) is 14.6. The molecule has 4 aliphatic carbocycles. The van der Waals surface area contributed by atoms with Crippen LogP contribution in [0.25, 0.3) is 0 Å². The van der Waals surface area contributed by atoms with Crippen LogP contribution in [-0.2, 0) is 9.47 Å². The Morgan fingerprint density at radius 3 is 2.18 bits per heavy atom. The molecule has 4 saturated carbocycles. The monoisotopic (exact) mass is 622 g/mol. The van der Waals surface area contributed by atoms with Crippen molar-refractivity contribution in [2.45, 2.75) is 168 Å². The van der Waals surface area contributed by atoms with Crippen LogP contribution in [0.3, 0.4) is 0 Å². The number of hydrogen-bond acceptors (Lipinski definition) is 8. The predicted molar refractivity (Wildman–Crippen MR) is 168 cm³/mol. The highest BCUT2D eigenvalue weighted by Gasteiger charge is 2.74. The van der Waals surface area contributed by atoms with E-state index in [4.69, 9.17) is 9.47 Å². The number of hydrogen-bond donors (Lipinski definition) is 6. The van der Waals surface area contributed by atoms with Crippen LogP contribution < -0.4 is 0 Å². The van der Waals surface area contributed by atoms with Gasteiger partial charge in [-0.25, -0.2) is 0 Å². The number of aliphatic hydroxyl groups excluding tert-OH is 4. The van der Waals surface area contributed by atoms with Crippen molar-refractivity contribution in [1.82, 2.24) is 0 Å². The third kappa shape index (κ3) is 4.99. The molecule has 1 heterocycles. The highest BCUT2D eigenvalue weighted by Crippen LogP contribution is 2.77. The molecule has 8 heteroatoms. The summed E-state index contributed by atoms with van der Waals surface area (Å²) in [5.74, 6) is 0.616. The molecule has 0 amide bonds. The second kappa shape index (κ2) is 11.5. The van der Waals surface area contributed by atoms with E-state index in [9.17, 15) is 30.6 Å². The molecule has 0 aromatic rings. The standard InChI is InChI=1S/C36H62O8/c1-21(2)10-9-15-34(7,41)25-12-18-35(8)33(6)17-11-23-31(3,4)26(14-16-32(23,5)24(33)13-19-36(25,35)42)44-30-29(40)28(39)27(38)22(20-37)43-30/h10,22-30,37-42H,9,11-20H2,1-8H3/t22?,23?,24-,25-,26+,27?,28?,29?,30?,32+,33-,34+,35+,36+/m1/s1. The van der Waals surface area contributed by atoms with E-state index in [1.807, 2.05) is 6.92 Å². The molecule has 0 aromatic carbocycles. The first-order valence-electron chi connectivity index (χ1n) is 17.3. The summed E-state index contributed by atoms with van der Waals surface area (Å²) >= 11 is 0.